The van der Waals surface area contributed by atoms with Gasteiger partial charge >= 0.3 is 5.97 Å². The fourth-order valence-corrected chi connectivity index (χ4v) is 7.73. The highest BCUT2D eigenvalue weighted by Crippen LogP contribution is 2.31. The number of esters is 1. The average Bonchev–Trinajstić information content (AvgIpc) is 3.65. The second-order valence-electron chi connectivity index (χ2n) is 14.7. The van der Waals surface area contributed by atoms with Gasteiger partial charge in [0.25, 0.3) is 0 Å². The average molecular weight is 739 g/mol. The quantitative estimate of drug-likeness (QED) is 0.157. The van der Waals surface area contributed by atoms with Crippen molar-refractivity contribution in [3.05, 3.63) is 54.0 Å². The standard InChI is InChI=1S/C41H62N4O8/c1-11-27(4)38(44(6)40(48)31(26(2)3)24-35-42-20-19-36(43-35)51-8)34(50-7)25-37(47)45-21-15-18-32(45)39(52-9)28(5)33(46)23-30(41(49)53-10)22-29-16-13-12-14-17-29/h12-14,16-17,19-20,26-28,30-32,34,38-39H,11,15,18,21-25H2,1-10H3/t27-,28-,30+,31-,32-,34+,38-,39+/m0/s1. The van der Waals surface area contributed by atoms with Crippen LogP contribution >= 0.6 is 0 Å². The van der Waals surface area contributed by atoms with E-state index in [1.165, 1.54) is 7.11 Å². The summed E-state index contributed by atoms with van der Waals surface area (Å²) in [7, 11) is 7.83. The number of nitrogens with zero attached hydrogens (tertiary/aromatic N) is 4. The third-order valence-electron chi connectivity index (χ3n) is 11.1. The molecule has 0 saturated carbocycles. The Morgan fingerprint density at radius 3 is 2.23 bits per heavy atom. The number of aromatic nitrogens is 2. The van der Waals surface area contributed by atoms with E-state index in [0.29, 0.717) is 37.5 Å². The highest BCUT2D eigenvalue weighted by molar-refractivity contribution is 5.86. The summed E-state index contributed by atoms with van der Waals surface area (Å²) in [5.41, 5.74) is 0.945. The minimum atomic E-state index is -0.630. The predicted octanol–water partition coefficient (Wildman–Crippen LogP) is 5.21. The predicted molar refractivity (Wildman–Crippen MR) is 202 cm³/mol. The smallest absolute Gasteiger partial charge is 0.309 e. The number of amides is 2. The first-order valence-corrected chi connectivity index (χ1v) is 18.9. The maximum Gasteiger partial charge on any atom is 0.309 e. The Balaban J connectivity index is 1.78. The summed E-state index contributed by atoms with van der Waals surface area (Å²) in [6, 6.07) is 10.5. The Kier molecular flexibility index (Phi) is 17.3. The van der Waals surface area contributed by atoms with Gasteiger partial charge in [-0.05, 0) is 36.7 Å². The summed E-state index contributed by atoms with van der Waals surface area (Å²) in [4.78, 5) is 67.3. The number of hydrogen-bond acceptors (Lipinski definition) is 10. The van der Waals surface area contributed by atoms with E-state index in [2.05, 4.69) is 23.8 Å². The zero-order valence-corrected chi connectivity index (χ0v) is 33.4. The minimum absolute atomic E-state index is 0.00207. The van der Waals surface area contributed by atoms with Crippen LogP contribution in [0.25, 0.3) is 0 Å². The molecule has 0 aliphatic carbocycles. The molecule has 3 rings (SSSR count). The molecule has 1 aromatic carbocycles. The third kappa shape index (κ3) is 11.5. The molecule has 53 heavy (non-hydrogen) atoms. The summed E-state index contributed by atoms with van der Waals surface area (Å²) >= 11 is 0. The molecule has 294 valence electrons. The molecule has 1 saturated heterocycles. The van der Waals surface area contributed by atoms with Gasteiger partial charge in [-0.2, -0.15) is 4.98 Å². The second-order valence-corrected chi connectivity index (χ2v) is 14.7. The van der Waals surface area contributed by atoms with Crippen molar-refractivity contribution < 1.29 is 38.1 Å². The third-order valence-corrected chi connectivity index (χ3v) is 11.1. The van der Waals surface area contributed by atoms with Crippen LogP contribution in [0.1, 0.15) is 78.1 Å². The summed E-state index contributed by atoms with van der Waals surface area (Å²) in [6.45, 7) is 10.5. The number of ketones is 1. The van der Waals surface area contributed by atoms with Crippen LogP contribution in [0.4, 0.5) is 0 Å². The highest BCUT2D eigenvalue weighted by Gasteiger charge is 2.43. The van der Waals surface area contributed by atoms with Crippen molar-refractivity contribution in [1.82, 2.24) is 19.8 Å². The molecule has 1 aliphatic rings. The lowest BCUT2D eigenvalue weighted by Gasteiger charge is -2.40. The maximum atomic E-state index is 14.2. The Morgan fingerprint density at radius 2 is 1.64 bits per heavy atom. The molecule has 1 aliphatic heterocycles. The normalized spacial score (nSPS) is 18.4. The summed E-state index contributed by atoms with van der Waals surface area (Å²) < 4.78 is 22.4. The number of hydrogen-bond donors (Lipinski definition) is 0. The highest BCUT2D eigenvalue weighted by atomic mass is 16.5. The van der Waals surface area contributed by atoms with Gasteiger partial charge in [0.1, 0.15) is 11.6 Å². The maximum absolute atomic E-state index is 14.2. The molecule has 2 amide bonds. The van der Waals surface area contributed by atoms with Crippen LogP contribution in [-0.2, 0) is 46.2 Å². The van der Waals surface area contributed by atoms with Crippen LogP contribution in [-0.4, -0.2) is 110 Å². The Labute approximate surface area is 316 Å². The van der Waals surface area contributed by atoms with Crippen LogP contribution in [0.3, 0.4) is 0 Å². The molecule has 8 atom stereocenters. The number of likely N-dealkylation sites (N-methyl/N-ethyl adjacent to an activating group) is 1. The number of Topliss-reactive ketones (excluding diaryl/α,β-unsaturated/α-hetero) is 1. The van der Waals surface area contributed by atoms with E-state index >= 15 is 0 Å². The van der Waals surface area contributed by atoms with E-state index in [1.807, 2.05) is 56.0 Å². The zero-order valence-electron chi connectivity index (χ0n) is 33.4. The fraction of sp³-hybridized carbons (Fsp3) is 0.659. The van der Waals surface area contributed by atoms with Crippen molar-refractivity contribution in [2.45, 2.75) is 104 Å². The van der Waals surface area contributed by atoms with Gasteiger partial charge in [0.15, 0.2) is 0 Å². The SMILES string of the molecule is CC[C@H](C)[C@@H]([C@@H](CC(=O)N1CCC[C@H]1[C@H](OC)[C@@H](C)C(=O)C[C@@H](Cc1ccccc1)C(=O)OC)OC)N(C)C(=O)[C@@H](Cc1nccc(OC)n1)C(C)C. The van der Waals surface area contributed by atoms with Gasteiger partial charge in [-0.1, -0.05) is 71.4 Å². The number of methoxy groups -OCH3 is 4. The Hall–Kier alpha value is -3.90. The lowest BCUT2D eigenvalue weighted by molar-refractivity contribution is -0.149. The van der Waals surface area contributed by atoms with E-state index in [9.17, 15) is 19.2 Å². The molecule has 1 fully saturated rings. The molecule has 1 aromatic heterocycles. The van der Waals surface area contributed by atoms with Crippen LogP contribution in [0.5, 0.6) is 5.88 Å². The first kappa shape index (κ1) is 43.5. The summed E-state index contributed by atoms with van der Waals surface area (Å²) in [6.07, 6.45) is 3.51. The lowest BCUT2D eigenvalue weighted by atomic mass is 9.85. The van der Waals surface area contributed by atoms with E-state index < -0.39 is 35.9 Å². The number of rotatable bonds is 21. The summed E-state index contributed by atoms with van der Waals surface area (Å²) in [5.74, 6) is -1.33. The van der Waals surface area contributed by atoms with Crippen molar-refractivity contribution >= 4 is 23.6 Å². The van der Waals surface area contributed by atoms with Crippen molar-refractivity contribution in [2.24, 2.45) is 29.6 Å². The van der Waals surface area contributed by atoms with Gasteiger partial charge in [0.2, 0.25) is 17.7 Å². The number of likely N-dealkylation sites (tertiary alicyclic amines) is 1. The van der Waals surface area contributed by atoms with Crippen LogP contribution in [0.2, 0.25) is 0 Å². The van der Waals surface area contributed by atoms with Crippen LogP contribution in [0, 0.1) is 29.6 Å². The molecule has 2 aromatic rings. The van der Waals surface area contributed by atoms with Crippen molar-refractivity contribution in [1.29, 1.82) is 0 Å². The van der Waals surface area contributed by atoms with Gasteiger partial charge < -0.3 is 28.7 Å². The number of ether oxygens (including phenoxy) is 4. The molecule has 2 heterocycles. The fourth-order valence-electron chi connectivity index (χ4n) is 7.73. The molecule has 0 radical (unpaired) electrons. The van der Waals surface area contributed by atoms with Gasteiger partial charge in [0.05, 0.1) is 50.8 Å². The minimum Gasteiger partial charge on any atom is -0.481 e. The van der Waals surface area contributed by atoms with Gasteiger partial charge in [0, 0.05) is 64.8 Å². The molecule has 0 N–H and O–H groups in total. The molecule has 0 unspecified atom stereocenters. The first-order chi connectivity index (χ1) is 25.3. The monoisotopic (exact) mass is 738 g/mol. The first-order valence-electron chi connectivity index (χ1n) is 18.9. The van der Waals surface area contributed by atoms with E-state index in [4.69, 9.17) is 18.9 Å². The van der Waals surface area contributed by atoms with E-state index in [-0.39, 0.29) is 54.4 Å². The van der Waals surface area contributed by atoms with Crippen molar-refractivity contribution in [3.8, 4) is 5.88 Å². The van der Waals surface area contributed by atoms with Crippen molar-refractivity contribution in [2.75, 3.05) is 42.0 Å². The number of carbonyl (C=O) groups excluding carboxylic acids is 4. The largest absolute Gasteiger partial charge is 0.481 e. The molecule has 0 spiro atoms. The molecule has 0 bridgehead atoms. The lowest BCUT2D eigenvalue weighted by Crippen LogP contribution is -2.54. The molecular formula is C41H62N4O8. The molecule has 12 nitrogen and oxygen atoms in total. The van der Waals surface area contributed by atoms with Crippen molar-refractivity contribution in [3.63, 3.8) is 0 Å². The second kappa shape index (κ2) is 21.1. The topological polar surface area (TPSA) is 137 Å². The number of benzene rings is 1. The Morgan fingerprint density at radius 1 is 0.943 bits per heavy atom. The van der Waals surface area contributed by atoms with Gasteiger partial charge in [-0.15, -0.1) is 0 Å². The van der Waals surface area contributed by atoms with Gasteiger partial charge in [-0.3, -0.25) is 19.2 Å². The molecular weight excluding hydrogens is 676 g/mol. The Bertz CT molecular complexity index is 1470. The van der Waals surface area contributed by atoms with E-state index in [1.54, 1.807) is 45.5 Å². The van der Waals surface area contributed by atoms with E-state index in [0.717, 1.165) is 18.4 Å². The molecule has 12 heteroatoms. The van der Waals surface area contributed by atoms with Crippen LogP contribution in [0.15, 0.2) is 42.6 Å². The summed E-state index contributed by atoms with van der Waals surface area (Å²) in [5, 5.41) is 0. The number of carbonyl (C=O) groups is 4. The van der Waals surface area contributed by atoms with Crippen LogP contribution < -0.4 is 4.74 Å². The van der Waals surface area contributed by atoms with Gasteiger partial charge in [-0.25, -0.2) is 4.98 Å². The zero-order chi connectivity index (χ0) is 39.2.